The van der Waals surface area contributed by atoms with Crippen LogP contribution in [0.3, 0.4) is 0 Å². The lowest BCUT2D eigenvalue weighted by atomic mass is 10.1. The Hall–Kier alpha value is -2.99. The summed E-state index contributed by atoms with van der Waals surface area (Å²) >= 11 is 6.01. The zero-order chi connectivity index (χ0) is 20.1. The Kier molecular flexibility index (Phi) is 6.21. The molecule has 3 rings (SSSR count). The number of aromatic nitrogens is 2. The van der Waals surface area contributed by atoms with Crippen LogP contribution in [0.4, 0.5) is 4.39 Å². The van der Waals surface area contributed by atoms with Crippen molar-refractivity contribution in [3.8, 4) is 11.3 Å². The molecule has 3 aromatic rings. The highest BCUT2D eigenvalue weighted by Gasteiger charge is 2.11. The maximum Gasteiger partial charge on any atom is 0.266 e. The van der Waals surface area contributed by atoms with Crippen molar-refractivity contribution in [3.05, 3.63) is 87.4 Å². The number of nitrogens with zero attached hydrogens (tertiary/aromatic N) is 2. The van der Waals surface area contributed by atoms with E-state index in [0.717, 1.165) is 11.1 Å². The predicted octanol–water partition coefficient (Wildman–Crippen LogP) is 3.97. The van der Waals surface area contributed by atoms with Crippen molar-refractivity contribution in [2.75, 3.05) is 0 Å². The Morgan fingerprint density at radius 2 is 1.93 bits per heavy atom. The highest BCUT2D eigenvalue weighted by Crippen LogP contribution is 2.19. The Bertz CT molecular complexity index is 1030. The van der Waals surface area contributed by atoms with E-state index in [1.165, 1.54) is 22.9 Å². The van der Waals surface area contributed by atoms with Gasteiger partial charge in [-0.05, 0) is 42.8 Å². The summed E-state index contributed by atoms with van der Waals surface area (Å²) in [4.78, 5) is 24.3. The molecule has 0 aliphatic heterocycles. The largest absolute Gasteiger partial charge is 0.350 e. The van der Waals surface area contributed by atoms with Crippen LogP contribution in [0.5, 0.6) is 0 Å². The zero-order valence-corrected chi connectivity index (χ0v) is 16.0. The van der Waals surface area contributed by atoms with E-state index in [9.17, 15) is 14.0 Å². The molecule has 1 amide bonds. The quantitative estimate of drug-likeness (QED) is 0.682. The minimum Gasteiger partial charge on any atom is -0.350 e. The van der Waals surface area contributed by atoms with Crippen LogP contribution in [-0.2, 0) is 11.3 Å². The van der Waals surface area contributed by atoms with Gasteiger partial charge < -0.3 is 5.32 Å². The Morgan fingerprint density at radius 3 is 2.64 bits per heavy atom. The number of hydrogen-bond donors (Lipinski definition) is 1. The van der Waals surface area contributed by atoms with Crippen LogP contribution in [0.15, 0.2) is 65.5 Å². The minimum atomic E-state index is -0.327. The number of nitrogens with one attached hydrogen (secondary N) is 1. The zero-order valence-electron chi connectivity index (χ0n) is 15.2. The molecule has 0 saturated carbocycles. The summed E-state index contributed by atoms with van der Waals surface area (Å²) in [5.41, 5.74) is 1.90. The van der Waals surface area contributed by atoms with E-state index in [4.69, 9.17) is 11.6 Å². The van der Waals surface area contributed by atoms with Gasteiger partial charge in [0.2, 0.25) is 5.91 Å². The summed E-state index contributed by atoms with van der Waals surface area (Å²) in [6.45, 7) is 1.96. The molecular formula is C21H19ClFN3O2. The van der Waals surface area contributed by atoms with Crippen LogP contribution in [0.1, 0.15) is 24.9 Å². The fourth-order valence-corrected chi connectivity index (χ4v) is 2.96. The van der Waals surface area contributed by atoms with Gasteiger partial charge in [0.1, 0.15) is 5.82 Å². The van der Waals surface area contributed by atoms with E-state index in [-0.39, 0.29) is 36.3 Å². The summed E-state index contributed by atoms with van der Waals surface area (Å²) < 4.78 is 14.3. The van der Waals surface area contributed by atoms with Crippen molar-refractivity contribution in [1.82, 2.24) is 15.1 Å². The number of benzene rings is 2. The van der Waals surface area contributed by atoms with E-state index in [0.29, 0.717) is 10.7 Å². The first-order valence-electron chi connectivity index (χ1n) is 8.81. The summed E-state index contributed by atoms with van der Waals surface area (Å²) in [7, 11) is 0. The molecule has 28 heavy (non-hydrogen) atoms. The fraction of sp³-hybridized carbons (Fsp3) is 0.190. The highest BCUT2D eigenvalue weighted by molar-refractivity contribution is 6.30. The molecule has 0 aliphatic rings. The van der Waals surface area contributed by atoms with Gasteiger partial charge in [0.05, 0.1) is 18.3 Å². The molecule has 0 aliphatic carbocycles. The minimum absolute atomic E-state index is 0.0947. The number of halogens is 2. The van der Waals surface area contributed by atoms with E-state index < -0.39 is 0 Å². The molecule has 2 aromatic carbocycles. The number of carbonyl (C=O) groups is 1. The molecule has 0 spiro atoms. The Morgan fingerprint density at radius 1 is 1.18 bits per heavy atom. The molecule has 144 valence electrons. The molecule has 5 nitrogen and oxygen atoms in total. The molecule has 0 bridgehead atoms. The van der Waals surface area contributed by atoms with Gasteiger partial charge >= 0.3 is 0 Å². The Labute approximate surface area is 166 Å². The maximum atomic E-state index is 13.0. The summed E-state index contributed by atoms with van der Waals surface area (Å²) in [5.74, 6) is -0.550. The van der Waals surface area contributed by atoms with Gasteiger partial charge in [0.25, 0.3) is 5.56 Å². The third-order valence-corrected chi connectivity index (χ3v) is 4.52. The lowest BCUT2D eigenvalue weighted by molar-refractivity contribution is -0.122. The van der Waals surface area contributed by atoms with Gasteiger partial charge in [-0.25, -0.2) is 9.07 Å². The van der Waals surface area contributed by atoms with Crippen molar-refractivity contribution >= 4 is 17.5 Å². The number of hydrogen-bond acceptors (Lipinski definition) is 3. The van der Waals surface area contributed by atoms with Gasteiger partial charge in [0, 0.05) is 23.1 Å². The lowest BCUT2D eigenvalue weighted by Crippen LogP contribution is -2.30. The Balaban J connectivity index is 1.65. The molecule has 0 fully saturated rings. The van der Waals surface area contributed by atoms with Gasteiger partial charge in [-0.2, -0.15) is 5.10 Å². The van der Waals surface area contributed by atoms with Crippen molar-refractivity contribution in [3.63, 3.8) is 0 Å². The van der Waals surface area contributed by atoms with Crippen LogP contribution in [0, 0.1) is 5.82 Å². The van der Waals surface area contributed by atoms with Crippen LogP contribution >= 0.6 is 11.6 Å². The van der Waals surface area contributed by atoms with Gasteiger partial charge in [-0.15, -0.1) is 0 Å². The molecule has 0 saturated heterocycles. The number of rotatable bonds is 6. The lowest BCUT2D eigenvalue weighted by Gasteiger charge is -2.14. The van der Waals surface area contributed by atoms with Crippen LogP contribution in [0.25, 0.3) is 11.3 Å². The van der Waals surface area contributed by atoms with Crippen LogP contribution in [0.2, 0.25) is 5.02 Å². The smallest absolute Gasteiger partial charge is 0.266 e. The second-order valence-corrected chi connectivity index (χ2v) is 6.82. The highest BCUT2D eigenvalue weighted by atomic mass is 35.5. The van der Waals surface area contributed by atoms with Crippen LogP contribution < -0.4 is 10.9 Å². The number of amides is 1. The number of aryl methyl sites for hydroxylation is 1. The second-order valence-electron chi connectivity index (χ2n) is 6.38. The van der Waals surface area contributed by atoms with E-state index in [1.807, 2.05) is 13.0 Å². The molecule has 0 radical (unpaired) electrons. The van der Waals surface area contributed by atoms with E-state index >= 15 is 0 Å². The topological polar surface area (TPSA) is 64.0 Å². The fourth-order valence-electron chi connectivity index (χ4n) is 2.77. The van der Waals surface area contributed by atoms with Gasteiger partial charge in [-0.3, -0.25) is 9.59 Å². The molecule has 1 N–H and O–H groups in total. The molecule has 1 atom stereocenters. The van der Waals surface area contributed by atoms with Gasteiger partial charge in [-0.1, -0.05) is 35.9 Å². The van der Waals surface area contributed by atoms with Crippen molar-refractivity contribution in [2.24, 2.45) is 0 Å². The third-order valence-electron chi connectivity index (χ3n) is 4.29. The van der Waals surface area contributed by atoms with Crippen molar-refractivity contribution in [1.29, 1.82) is 0 Å². The summed E-state index contributed by atoms with van der Waals surface area (Å²) in [6.07, 6.45) is 0.0947. The molecule has 1 heterocycles. The molecule has 1 aromatic heterocycles. The standard InChI is InChI=1S/C21H19ClFN3O2/c1-14(15-5-7-18(23)8-6-15)24-20(27)11-12-26-21(28)10-9-19(25-26)16-3-2-4-17(22)13-16/h2-10,13-14H,11-12H2,1H3,(H,24,27)/t14-/m1/s1. The maximum absolute atomic E-state index is 13.0. The third kappa shape index (κ3) is 5.04. The normalized spacial score (nSPS) is 11.8. The van der Waals surface area contributed by atoms with Gasteiger partial charge in [0.15, 0.2) is 0 Å². The molecular weight excluding hydrogens is 381 g/mol. The molecule has 0 unspecified atom stereocenters. The van der Waals surface area contributed by atoms with E-state index in [1.54, 1.807) is 36.4 Å². The average molecular weight is 400 g/mol. The van der Waals surface area contributed by atoms with E-state index in [2.05, 4.69) is 10.4 Å². The molecule has 7 heteroatoms. The average Bonchev–Trinajstić information content (AvgIpc) is 2.68. The van der Waals surface area contributed by atoms with Crippen LogP contribution in [-0.4, -0.2) is 15.7 Å². The second kappa shape index (κ2) is 8.80. The first-order chi connectivity index (χ1) is 13.4. The summed E-state index contributed by atoms with van der Waals surface area (Å²) in [6, 6.07) is 15.9. The summed E-state index contributed by atoms with van der Waals surface area (Å²) in [5, 5.41) is 7.74. The first kappa shape index (κ1) is 19.8. The van der Waals surface area contributed by atoms with Crippen molar-refractivity contribution in [2.45, 2.75) is 25.9 Å². The number of carbonyl (C=O) groups excluding carboxylic acids is 1. The monoisotopic (exact) mass is 399 g/mol. The van der Waals surface area contributed by atoms with Crippen molar-refractivity contribution < 1.29 is 9.18 Å². The first-order valence-corrected chi connectivity index (χ1v) is 9.19. The predicted molar refractivity (Wildman–Crippen MR) is 107 cm³/mol. The SMILES string of the molecule is C[C@@H](NC(=O)CCn1nc(-c2cccc(Cl)c2)ccc1=O)c1ccc(F)cc1.